The summed E-state index contributed by atoms with van der Waals surface area (Å²) in [5.41, 5.74) is 0.903. The molecule has 1 amide bonds. The van der Waals surface area contributed by atoms with Crippen LogP contribution in [0.3, 0.4) is 0 Å². The normalized spacial score (nSPS) is 29.9. The molecule has 1 aromatic heterocycles. The number of carbonyl (C=O) groups is 1. The standard InChI is InChI=1S/C21H33N3O2S/c1-16-18(8-14-27-16)20(25)22-19-7-11-23(2)21(19)9-4-10-24(15-21)12-13-26-17-5-3-6-17/h8,14,17,19H,3-7,9-13,15H2,1-2H3,(H,22,25). The minimum Gasteiger partial charge on any atom is -0.377 e. The van der Waals surface area contributed by atoms with Crippen molar-refractivity contribution < 1.29 is 9.53 Å². The average molecular weight is 392 g/mol. The Bertz CT molecular complexity index is 660. The number of rotatable bonds is 6. The number of thiophene rings is 1. The Balaban J connectivity index is 1.38. The van der Waals surface area contributed by atoms with Crippen LogP contribution in [-0.2, 0) is 4.74 Å². The number of nitrogens with one attached hydrogen (secondary N) is 1. The zero-order chi connectivity index (χ0) is 18.9. The highest BCUT2D eigenvalue weighted by Gasteiger charge is 2.49. The molecule has 2 atom stereocenters. The van der Waals surface area contributed by atoms with Crippen molar-refractivity contribution in [3.05, 3.63) is 21.9 Å². The Morgan fingerprint density at radius 3 is 2.89 bits per heavy atom. The molecule has 6 heteroatoms. The van der Waals surface area contributed by atoms with Crippen LogP contribution >= 0.6 is 11.3 Å². The molecule has 3 heterocycles. The van der Waals surface area contributed by atoms with Crippen LogP contribution in [0.2, 0.25) is 0 Å². The van der Waals surface area contributed by atoms with Gasteiger partial charge in [-0.25, -0.2) is 0 Å². The molecule has 4 rings (SSSR count). The van der Waals surface area contributed by atoms with Crippen LogP contribution in [0.5, 0.6) is 0 Å². The molecule has 1 saturated carbocycles. The molecule has 150 valence electrons. The summed E-state index contributed by atoms with van der Waals surface area (Å²) in [5.74, 6) is 0.0962. The smallest absolute Gasteiger partial charge is 0.252 e. The van der Waals surface area contributed by atoms with Gasteiger partial charge in [-0.15, -0.1) is 11.3 Å². The molecule has 0 radical (unpaired) electrons. The number of nitrogens with zero attached hydrogens (tertiary/aromatic N) is 2. The summed E-state index contributed by atoms with van der Waals surface area (Å²) in [4.78, 5) is 19.0. The van der Waals surface area contributed by atoms with Crippen LogP contribution in [-0.4, -0.2) is 73.2 Å². The van der Waals surface area contributed by atoms with E-state index < -0.39 is 0 Å². The first-order valence-corrected chi connectivity index (χ1v) is 11.4. The number of hydrogen-bond acceptors (Lipinski definition) is 5. The minimum absolute atomic E-state index is 0.0638. The number of hydrogen-bond donors (Lipinski definition) is 1. The van der Waals surface area contributed by atoms with Gasteiger partial charge in [-0.1, -0.05) is 0 Å². The van der Waals surface area contributed by atoms with Crippen molar-refractivity contribution in [2.45, 2.75) is 63.1 Å². The van der Waals surface area contributed by atoms with Gasteiger partial charge in [0.2, 0.25) is 0 Å². The molecule has 2 aliphatic heterocycles. The van der Waals surface area contributed by atoms with Gasteiger partial charge in [0.1, 0.15) is 0 Å². The fourth-order valence-corrected chi connectivity index (χ4v) is 5.67. The van der Waals surface area contributed by atoms with Crippen LogP contribution in [0, 0.1) is 6.92 Å². The van der Waals surface area contributed by atoms with Crippen LogP contribution < -0.4 is 5.32 Å². The van der Waals surface area contributed by atoms with Gasteiger partial charge in [0.25, 0.3) is 5.91 Å². The zero-order valence-corrected chi connectivity index (χ0v) is 17.5. The third-order valence-electron chi connectivity index (χ3n) is 6.97. The van der Waals surface area contributed by atoms with E-state index in [0.29, 0.717) is 6.10 Å². The summed E-state index contributed by atoms with van der Waals surface area (Å²) < 4.78 is 5.99. The Morgan fingerprint density at radius 1 is 1.33 bits per heavy atom. The summed E-state index contributed by atoms with van der Waals surface area (Å²) in [7, 11) is 2.23. The minimum atomic E-state index is 0.0638. The van der Waals surface area contributed by atoms with Gasteiger partial charge in [-0.05, 0) is 70.5 Å². The average Bonchev–Trinajstić information content (AvgIpc) is 3.17. The third-order valence-corrected chi connectivity index (χ3v) is 7.81. The van der Waals surface area contributed by atoms with Crippen molar-refractivity contribution in [2.24, 2.45) is 0 Å². The highest BCUT2D eigenvalue weighted by molar-refractivity contribution is 7.10. The lowest BCUT2D eigenvalue weighted by Gasteiger charge is -2.48. The van der Waals surface area contributed by atoms with Gasteiger partial charge in [0, 0.05) is 30.6 Å². The molecule has 0 aromatic carbocycles. The second-order valence-electron chi connectivity index (χ2n) is 8.53. The first-order valence-electron chi connectivity index (χ1n) is 10.5. The predicted octanol–water partition coefficient (Wildman–Crippen LogP) is 2.89. The van der Waals surface area contributed by atoms with Gasteiger partial charge in [-0.3, -0.25) is 14.6 Å². The van der Waals surface area contributed by atoms with Crippen LogP contribution in [0.15, 0.2) is 11.4 Å². The Morgan fingerprint density at radius 2 is 2.19 bits per heavy atom. The van der Waals surface area contributed by atoms with E-state index in [0.717, 1.165) is 56.1 Å². The molecule has 5 nitrogen and oxygen atoms in total. The quantitative estimate of drug-likeness (QED) is 0.810. The molecule has 3 aliphatic rings. The van der Waals surface area contributed by atoms with Crippen molar-refractivity contribution >= 4 is 17.2 Å². The van der Waals surface area contributed by atoms with Crippen molar-refractivity contribution in [3.8, 4) is 0 Å². The van der Waals surface area contributed by atoms with E-state index in [1.54, 1.807) is 11.3 Å². The molecule has 1 spiro atoms. The number of ether oxygens (including phenoxy) is 1. The molecule has 2 saturated heterocycles. The first-order chi connectivity index (χ1) is 13.1. The van der Waals surface area contributed by atoms with Gasteiger partial charge in [0.05, 0.1) is 23.8 Å². The Labute approximate surface area is 167 Å². The first kappa shape index (κ1) is 19.4. The predicted molar refractivity (Wildman–Crippen MR) is 110 cm³/mol. The topological polar surface area (TPSA) is 44.8 Å². The molecule has 27 heavy (non-hydrogen) atoms. The maximum Gasteiger partial charge on any atom is 0.252 e. The monoisotopic (exact) mass is 391 g/mol. The molecule has 1 N–H and O–H groups in total. The van der Waals surface area contributed by atoms with E-state index in [2.05, 4.69) is 22.2 Å². The van der Waals surface area contributed by atoms with Gasteiger partial charge in [0.15, 0.2) is 0 Å². The van der Waals surface area contributed by atoms with Crippen LogP contribution in [0.4, 0.5) is 0 Å². The number of piperidine rings is 1. The largest absolute Gasteiger partial charge is 0.377 e. The van der Waals surface area contributed by atoms with E-state index in [-0.39, 0.29) is 17.5 Å². The van der Waals surface area contributed by atoms with E-state index in [1.165, 1.54) is 25.7 Å². The maximum absolute atomic E-state index is 12.8. The van der Waals surface area contributed by atoms with Gasteiger partial charge in [-0.2, -0.15) is 0 Å². The fraction of sp³-hybridized carbons (Fsp3) is 0.762. The highest BCUT2D eigenvalue weighted by Crippen LogP contribution is 2.36. The van der Waals surface area contributed by atoms with Crippen molar-refractivity contribution in [2.75, 3.05) is 39.8 Å². The number of aryl methyl sites for hydroxylation is 1. The number of amides is 1. The molecule has 2 unspecified atom stereocenters. The molecule has 1 aromatic rings. The van der Waals surface area contributed by atoms with Crippen molar-refractivity contribution in [3.63, 3.8) is 0 Å². The fourth-order valence-electron chi connectivity index (χ4n) is 4.97. The lowest BCUT2D eigenvalue weighted by atomic mass is 9.82. The van der Waals surface area contributed by atoms with Crippen LogP contribution in [0.1, 0.15) is 53.8 Å². The number of carbonyl (C=O) groups excluding carboxylic acids is 1. The van der Waals surface area contributed by atoms with E-state index in [9.17, 15) is 4.79 Å². The SMILES string of the molecule is Cc1sccc1C(=O)NC1CCN(C)C12CCCN(CCOC1CCC1)C2. The summed E-state index contributed by atoms with van der Waals surface area (Å²) in [5, 5.41) is 5.40. The molecular weight excluding hydrogens is 358 g/mol. The molecule has 1 aliphatic carbocycles. The van der Waals surface area contributed by atoms with E-state index in [1.807, 2.05) is 18.4 Å². The lowest BCUT2D eigenvalue weighted by Crippen LogP contribution is -2.63. The Kier molecular flexibility index (Phi) is 5.88. The van der Waals surface area contributed by atoms with Crippen molar-refractivity contribution in [1.29, 1.82) is 0 Å². The number of likely N-dealkylation sites (tertiary alicyclic amines) is 2. The second kappa shape index (κ2) is 8.19. The third kappa shape index (κ3) is 3.95. The van der Waals surface area contributed by atoms with E-state index >= 15 is 0 Å². The molecule has 3 fully saturated rings. The summed E-state index contributed by atoms with van der Waals surface area (Å²) in [6.07, 6.45) is 7.71. The number of likely N-dealkylation sites (N-methyl/N-ethyl adjacent to an activating group) is 1. The van der Waals surface area contributed by atoms with Gasteiger partial charge < -0.3 is 10.1 Å². The zero-order valence-electron chi connectivity index (χ0n) is 16.7. The van der Waals surface area contributed by atoms with E-state index in [4.69, 9.17) is 4.74 Å². The Hall–Kier alpha value is -0.950. The van der Waals surface area contributed by atoms with Crippen LogP contribution in [0.25, 0.3) is 0 Å². The molecular formula is C21H33N3O2S. The molecule has 0 bridgehead atoms. The van der Waals surface area contributed by atoms with Gasteiger partial charge >= 0.3 is 0 Å². The van der Waals surface area contributed by atoms with Crippen molar-refractivity contribution in [1.82, 2.24) is 15.1 Å². The highest BCUT2D eigenvalue weighted by atomic mass is 32.1. The summed E-state index contributed by atoms with van der Waals surface area (Å²) in [6.45, 7) is 7.12. The maximum atomic E-state index is 12.8. The second-order valence-corrected chi connectivity index (χ2v) is 9.65. The summed E-state index contributed by atoms with van der Waals surface area (Å²) in [6, 6.07) is 2.18. The lowest BCUT2D eigenvalue weighted by molar-refractivity contribution is -0.0226. The summed E-state index contributed by atoms with van der Waals surface area (Å²) >= 11 is 1.64.